The molecule has 0 fully saturated rings. The summed E-state index contributed by atoms with van der Waals surface area (Å²) >= 11 is 5.94. The second-order valence-electron chi connectivity index (χ2n) is 7.05. The van der Waals surface area contributed by atoms with Crippen LogP contribution in [0, 0.1) is 0 Å². The third-order valence-electron chi connectivity index (χ3n) is 5.02. The lowest BCUT2D eigenvalue weighted by Crippen LogP contribution is -2.17. The Labute approximate surface area is 179 Å². The number of hydrazone groups is 1. The van der Waals surface area contributed by atoms with Crippen LogP contribution in [0.5, 0.6) is 0 Å². The minimum absolute atomic E-state index is 0.00411. The van der Waals surface area contributed by atoms with Gasteiger partial charge < -0.3 is 8.83 Å². The molecule has 1 unspecified atom stereocenters. The van der Waals surface area contributed by atoms with E-state index in [9.17, 15) is 0 Å². The van der Waals surface area contributed by atoms with Crippen LogP contribution in [0.25, 0.3) is 12.2 Å². The number of rotatable bonds is 5. The Morgan fingerprint density at radius 3 is 2.50 bits per heavy atom. The lowest BCUT2D eigenvalue weighted by atomic mass is 10.1. The first-order chi connectivity index (χ1) is 14.8. The number of halogens is 1. The maximum absolute atomic E-state index is 6.06. The number of anilines is 1. The third-order valence-corrected chi connectivity index (χ3v) is 5.28. The van der Waals surface area contributed by atoms with Crippen LogP contribution in [-0.4, -0.2) is 5.71 Å². The van der Waals surface area contributed by atoms with Crippen molar-refractivity contribution < 1.29 is 8.83 Å². The summed E-state index contributed by atoms with van der Waals surface area (Å²) in [4.78, 5) is 0. The van der Waals surface area contributed by atoms with Crippen LogP contribution in [0.1, 0.15) is 35.3 Å². The molecule has 2 aromatic carbocycles. The molecule has 2 aromatic heterocycles. The Bertz CT molecular complexity index is 1180. The molecule has 4 aromatic rings. The molecule has 0 amide bonds. The highest BCUT2D eigenvalue weighted by molar-refractivity contribution is 6.30. The number of nitrogens with zero attached hydrogens (tertiary/aromatic N) is 2. The molecule has 5 rings (SSSR count). The van der Waals surface area contributed by atoms with Crippen molar-refractivity contribution in [3.63, 3.8) is 0 Å². The summed E-state index contributed by atoms with van der Waals surface area (Å²) in [5.74, 6) is 2.42. The van der Waals surface area contributed by atoms with Crippen LogP contribution in [0.2, 0.25) is 5.02 Å². The van der Waals surface area contributed by atoms with Gasteiger partial charge in [0.25, 0.3) is 0 Å². The zero-order valence-electron chi connectivity index (χ0n) is 16.1. The van der Waals surface area contributed by atoms with Crippen molar-refractivity contribution in [1.29, 1.82) is 0 Å². The molecular formula is C25H19ClN2O2. The number of benzene rings is 2. The van der Waals surface area contributed by atoms with Gasteiger partial charge in [0.15, 0.2) is 5.76 Å². The van der Waals surface area contributed by atoms with Crippen molar-refractivity contribution in [2.75, 3.05) is 5.01 Å². The average molecular weight is 415 g/mol. The van der Waals surface area contributed by atoms with E-state index >= 15 is 0 Å². The van der Waals surface area contributed by atoms with Crippen molar-refractivity contribution in [3.8, 4) is 0 Å². The minimum Gasteiger partial charge on any atom is -0.467 e. The second-order valence-corrected chi connectivity index (χ2v) is 7.49. The normalized spacial score (nSPS) is 16.4. The highest BCUT2D eigenvalue weighted by atomic mass is 35.5. The Morgan fingerprint density at radius 2 is 1.73 bits per heavy atom. The second kappa shape index (κ2) is 8.09. The molecule has 1 aliphatic heterocycles. The number of para-hydroxylation sites is 1. The fourth-order valence-corrected chi connectivity index (χ4v) is 3.66. The fourth-order valence-electron chi connectivity index (χ4n) is 3.53. The average Bonchev–Trinajstić information content (AvgIpc) is 3.54. The third kappa shape index (κ3) is 3.82. The molecule has 0 aliphatic carbocycles. The number of hydrogen-bond donors (Lipinski definition) is 0. The first-order valence-electron chi connectivity index (χ1n) is 9.75. The van der Waals surface area contributed by atoms with Crippen molar-refractivity contribution in [3.05, 3.63) is 113 Å². The molecule has 3 heterocycles. The van der Waals surface area contributed by atoms with E-state index in [0.29, 0.717) is 6.42 Å². The fraction of sp³-hybridized carbons (Fsp3) is 0.0800. The number of furan rings is 2. The molecular weight excluding hydrogens is 396 g/mol. The van der Waals surface area contributed by atoms with E-state index in [4.69, 9.17) is 25.5 Å². The summed E-state index contributed by atoms with van der Waals surface area (Å²) in [7, 11) is 0. The van der Waals surface area contributed by atoms with E-state index in [1.165, 1.54) is 0 Å². The monoisotopic (exact) mass is 414 g/mol. The van der Waals surface area contributed by atoms with Gasteiger partial charge in [-0.1, -0.05) is 48.0 Å². The van der Waals surface area contributed by atoms with Crippen molar-refractivity contribution in [2.45, 2.75) is 12.5 Å². The maximum Gasteiger partial charge on any atom is 0.150 e. The zero-order valence-corrected chi connectivity index (χ0v) is 16.9. The van der Waals surface area contributed by atoms with Gasteiger partial charge in [-0.3, -0.25) is 5.01 Å². The molecule has 1 aliphatic rings. The summed E-state index contributed by atoms with van der Waals surface area (Å²) in [6.07, 6.45) is 6.35. The van der Waals surface area contributed by atoms with E-state index in [-0.39, 0.29) is 6.04 Å². The van der Waals surface area contributed by atoms with Crippen LogP contribution in [-0.2, 0) is 0 Å². The summed E-state index contributed by atoms with van der Waals surface area (Å²) < 4.78 is 11.8. The van der Waals surface area contributed by atoms with Crippen LogP contribution in [0.3, 0.4) is 0 Å². The molecule has 5 heteroatoms. The van der Waals surface area contributed by atoms with E-state index in [1.54, 1.807) is 6.26 Å². The number of hydrogen-bond acceptors (Lipinski definition) is 4. The van der Waals surface area contributed by atoms with E-state index in [1.807, 2.05) is 96.0 Å². The van der Waals surface area contributed by atoms with Crippen LogP contribution >= 0.6 is 11.6 Å². The molecule has 30 heavy (non-hydrogen) atoms. The van der Waals surface area contributed by atoms with Crippen molar-refractivity contribution in [1.82, 2.24) is 0 Å². The molecule has 0 spiro atoms. The Hall–Kier alpha value is -3.50. The first kappa shape index (κ1) is 18.5. The van der Waals surface area contributed by atoms with E-state index in [0.717, 1.165) is 39.3 Å². The summed E-state index contributed by atoms with van der Waals surface area (Å²) in [6.45, 7) is 0. The summed E-state index contributed by atoms with van der Waals surface area (Å²) in [6, 6.07) is 25.6. The first-order valence-corrected chi connectivity index (χ1v) is 10.1. The predicted octanol–water partition coefficient (Wildman–Crippen LogP) is 7.05. The summed E-state index contributed by atoms with van der Waals surface area (Å²) in [5.41, 5.74) is 2.97. The van der Waals surface area contributed by atoms with Gasteiger partial charge in [0, 0.05) is 11.4 Å². The lowest BCUT2D eigenvalue weighted by molar-refractivity contribution is 0.464. The standard InChI is InChI=1S/C25H19ClN2O2/c26-19-11-8-18(9-12-19)10-13-21-14-15-24(30-21)22-17-23(25-7-4-16-29-25)28(27-22)20-5-2-1-3-6-20/h1-16,23H,17H2/b13-10+. The van der Waals surface area contributed by atoms with Crippen molar-refractivity contribution in [2.24, 2.45) is 5.10 Å². The zero-order chi connectivity index (χ0) is 20.3. The van der Waals surface area contributed by atoms with Gasteiger partial charge >= 0.3 is 0 Å². The van der Waals surface area contributed by atoms with Gasteiger partial charge in [-0.15, -0.1) is 0 Å². The van der Waals surface area contributed by atoms with E-state index in [2.05, 4.69) is 0 Å². The molecule has 0 bridgehead atoms. The molecule has 0 N–H and O–H groups in total. The molecule has 0 radical (unpaired) electrons. The Kier molecular flexibility index (Phi) is 4.99. The van der Waals surface area contributed by atoms with Gasteiger partial charge in [0.2, 0.25) is 0 Å². The molecule has 1 atom stereocenters. The van der Waals surface area contributed by atoms with Gasteiger partial charge in [0.05, 0.1) is 12.0 Å². The Balaban J connectivity index is 1.40. The quantitative estimate of drug-likeness (QED) is 0.351. The van der Waals surface area contributed by atoms with Crippen LogP contribution in [0.15, 0.2) is 99.1 Å². The minimum atomic E-state index is -0.00411. The van der Waals surface area contributed by atoms with Gasteiger partial charge in [-0.25, -0.2) is 0 Å². The smallest absolute Gasteiger partial charge is 0.150 e. The molecule has 0 saturated heterocycles. The highest BCUT2D eigenvalue weighted by Crippen LogP contribution is 2.37. The van der Waals surface area contributed by atoms with Gasteiger partial charge in [0.1, 0.15) is 23.3 Å². The van der Waals surface area contributed by atoms with Gasteiger partial charge in [-0.2, -0.15) is 5.10 Å². The predicted molar refractivity (Wildman–Crippen MR) is 121 cm³/mol. The lowest BCUT2D eigenvalue weighted by Gasteiger charge is -2.21. The highest BCUT2D eigenvalue weighted by Gasteiger charge is 2.32. The maximum atomic E-state index is 6.06. The largest absolute Gasteiger partial charge is 0.467 e. The summed E-state index contributed by atoms with van der Waals surface area (Å²) in [5, 5.41) is 7.59. The van der Waals surface area contributed by atoms with Gasteiger partial charge in [-0.05, 0) is 60.2 Å². The Morgan fingerprint density at radius 1 is 0.900 bits per heavy atom. The van der Waals surface area contributed by atoms with Crippen LogP contribution in [0.4, 0.5) is 5.69 Å². The topological polar surface area (TPSA) is 41.9 Å². The molecule has 148 valence electrons. The molecule has 0 saturated carbocycles. The van der Waals surface area contributed by atoms with E-state index < -0.39 is 0 Å². The van der Waals surface area contributed by atoms with Crippen LogP contribution < -0.4 is 5.01 Å². The SMILES string of the molecule is Clc1ccc(/C=C/c2ccc(C3=NN(c4ccccc4)C(c4ccco4)C3)o2)cc1. The molecule has 4 nitrogen and oxygen atoms in total. The van der Waals surface area contributed by atoms with Crippen molar-refractivity contribution >= 4 is 35.2 Å².